The summed E-state index contributed by atoms with van der Waals surface area (Å²) < 4.78 is 31.2. The zero-order valence-electron chi connectivity index (χ0n) is 24.3. The van der Waals surface area contributed by atoms with E-state index in [-0.39, 0.29) is 34.4 Å². The summed E-state index contributed by atoms with van der Waals surface area (Å²) in [7, 11) is 3.27. The minimum absolute atomic E-state index is 0.118. The first-order valence-corrected chi connectivity index (χ1v) is 14.6. The summed E-state index contributed by atoms with van der Waals surface area (Å²) >= 11 is 6.94. The molecule has 1 atom stereocenters. The second kappa shape index (κ2) is 10.4. The lowest BCUT2D eigenvalue weighted by Gasteiger charge is -2.45. The fraction of sp³-hybridized carbons (Fsp3) is 0.281. The average molecular weight is 618 g/mol. The molecule has 2 aliphatic heterocycles. The maximum Gasteiger partial charge on any atom is 0.407 e. The van der Waals surface area contributed by atoms with Gasteiger partial charge in [-0.05, 0) is 42.3 Å². The molecule has 0 unspecified atom stereocenters. The van der Waals surface area contributed by atoms with E-state index in [4.69, 9.17) is 21.1 Å². The highest BCUT2D eigenvalue weighted by atomic mass is 35.5. The molecule has 1 N–H and O–H groups in total. The van der Waals surface area contributed by atoms with Gasteiger partial charge in [-0.3, -0.25) is 9.13 Å². The Morgan fingerprint density at radius 1 is 1.18 bits per heavy atom. The van der Waals surface area contributed by atoms with Gasteiger partial charge >= 0.3 is 11.8 Å². The number of piperazine rings is 1. The van der Waals surface area contributed by atoms with Crippen LogP contribution in [-0.4, -0.2) is 69.6 Å². The minimum atomic E-state index is -0.981. The second-order valence-corrected chi connectivity index (χ2v) is 11.6. The van der Waals surface area contributed by atoms with E-state index >= 15 is 4.39 Å². The van der Waals surface area contributed by atoms with E-state index in [1.807, 2.05) is 43.3 Å². The number of methoxy groups -OCH3 is 1. The van der Waals surface area contributed by atoms with Gasteiger partial charge in [0.2, 0.25) is 0 Å². The molecule has 1 amide bonds. The molecule has 12 heteroatoms. The molecule has 4 heterocycles. The predicted octanol–water partition coefficient (Wildman–Crippen LogP) is 5.27. The molecule has 10 nitrogen and oxygen atoms in total. The van der Waals surface area contributed by atoms with Crippen molar-refractivity contribution >= 4 is 45.3 Å². The molecule has 0 saturated carbocycles. The summed E-state index contributed by atoms with van der Waals surface area (Å²) in [6.45, 7) is 3.49. The van der Waals surface area contributed by atoms with Gasteiger partial charge in [0.25, 0.3) is 0 Å². The molecular formula is C32H29ClFN5O5. The van der Waals surface area contributed by atoms with Gasteiger partial charge in [0, 0.05) is 43.2 Å². The maximum absolute atomic E-state index is 16.7. The van der Waals surface area contributed by atoms with Crippen LogP contribution in [0.5, 0.6) is 11.5 Å². The number of hydrogen-bond donors (Lipinski definition) is 1. The fourth-order valence-corrected chi connectivity index (χ4v) is 6.80. The molecule has 226 valence electrons. The van der Waals surface area contributed by atoms with E-state index in [2.05, 4.69) is 9.88 Å². The summed E-state index contributed by atoms with van der Waals surface area (Å²) in [5.41, 5.74) is 4.08. The molecular weight excluding hydrogens is 589 g/mol. The zero-order valence-corrected chi connectivity index (χ0v) is 25.1. The molecule has 0 aliphatic carbocycles. The lowest BCUT2D eigenvalue weighted by Crippen LogP contribution is -2.58. The molecule has 44 heavy (non-hydrogen) atoms. The molecule has 3 aromatic carbocycles. The van der Waals surface area contributed by atoms with E-state index < -0.39 is 11.9 Å². The third-order valence-electron chi connectivity index (χ3n) is 8.72. The van der Waals surface area contributed by atoms with E-state index in [0.717, 1.165) is 16.9 Å². The van der Waals surface area contributed by atoms with Crippen LogP contribution in [0.25, 0.3) is 33.1 Å². The van der Waals surface area contributed by atoms with Crippen molar-refractivity contribution in [2.24, 2.45) is 7.05 Å². The van der Waals surface area contributed by atoms with Crippen molar-refractivity contribution in [3.8, 4) is 22.6 Å². The van der Waals surface area contributed by atoms with Crippen LogP contribution in [0.15, 0.2) is 53.5 Å². The highest BCUT2D eigenvalue weighted by Gasteiger charge is 2.37. The highest BCUT2D eigenvalue weighted by molar-refractivity contribution is 6.35. The fourth-order valence-electron chi connectivity index (χ4n) is 6.52. The normalized spacial score (nSPS) is 16.2. The molecule has 2 aliphatic rings. The summed E-state index contributed by atoms with van der Waals surface area (Å²) in [5.74, 6) is 0.613. The molecule has 1 fully saturated rings. The van der Waals surface area contributed by atoms with Crippen LogP contribution in [0.3, 0.4) is 0 Å². The van der Waals surface area contributed by atoms with Crippen molar-refractivity contribution in [1.29, 1.82) is 0 Å². The molecule has 0 bridgehead atoms. The SMILES string of the molecule is COc1ccc(Cn2c(=O)n(C)c3c(-c4c(Cl)cc5c6c(cnc5c4F)OC[C@H]4CN(C(=O)O)CCN64)c(C)ccc32)cc1. The van der Waals surface area contributed by atoms with E-state index in [1.54, 1.807) is 24.8 Å². The quantitative estimate of drug-likeness (QED) is 0.293. The average Bonchev–Trinajstić information content (AvgIpc) is 3.26. The molecule has 5 aromatic rings. The Morgan fingerprint density at radius 3 is 2.68 bits per heavy atom. The Morgan fingerprint density at radius 2 is 1.95 bits per heavy atom. The van der Waals surface area contributed by atoms with Crippen molar-refractivity contribution in [2.75, 3.05) is 38.3 Å². The van der Waals surface area contributed by atoms with Gasteiger partial charge in [-0.1, -0.05) is 29.8 Å². The number of fused-ring (bicyclic) bond motifs is 6. The lowest BCUT2D eigenvalue weighted by molar-refractivity contribution is 0.123. The first-order chi connectivity index (χ1) is 21.2. The molecule has 0 spiro atoms. The minimum Gasteiger partial charge on any atom is -0.497 e. The van der Waals surface area contributed by atoms with Crippen LogP contribution < -0.4 is 20.1 Å². The number of nitrogens with zero attached hydrogens (tertiary/aromatic N) is 5. The lowest BCUT2D eigenvalue weighted by atomic mass is 9.95. The summed E-state index contributed by atoms with van der Waals surface area (Å²) in [6, 6.07) is 12.7. The maximum atomic E-state index is 16.7. The third-order valence-corrected chi connectivity index (χ3v) is 9.02. The van der Waals surface area contributed by atoms with Crippen molar-refractivity contribution in [3.05, 3.63) is 81.1 Å². The molecule has 0 radical (unpaired) electrons. The van der Waals surface area contributed by atoms with Crippen molar-refractivity contribution in [1.82, 2.24) is 19.0 Å². The van der Waals surface area contributed by atoms with Crippen molar-refractivity contribution in [3.63, 3.8) is 0 Å². The van der Waals surface area contributed by atoms with Crippen LogP contribution in [0.1, 0.15) is 11.1 Å². The van der Waals surface area contributed by atoms with Crippen molar-refractivity contribution in [2.45, 2.75) is 19.5 Å². The van der Waals surface area contributed by atoms with Crippen LogP contribution in [0, 0.1) is 12.7 Å². The first-order valence-electron chi connectivity index (χ1n) is 14.2. The van der Waals surface area contributed by atoms with Gasteiger partial charge in [0.1, 0.15) is 17.9 Å². The first kappa shape index (κ1) is 28.0. The number of benzene rings is 3. The topological polar surface area (TPSA) is 102 Å². The Hall–Kier alpha value is -4.77. The largest absolute Gasteiger partial charge is 0.497 e. The number of carboxylic acid groups (broad SMARTS) is 1. The number of pyridine rings is 1. The van der Waals surface area contributed by atoms with Gasteiger partial charge in [-0.2, -0.15) is 0 Å². The standard InChI is InChI=1S/C32H29ClFN5O5/c1-17-4-9-23-30(36(2)31(40)39(23)14-18-5-7-20(43-3)8-6-18)25(17)26-22(33)12-21-28(27(26)34)35-13-24-29(21)38-11-10-37(32(41)42)15-19(38)16-44-24/h4-9,12-13,19H,10-11,14-16H2,1-3H3,(H,41,42)/t19-/m1/s1. The summed E-state index contributed by atoms with van der Waals surface area (Å²) in [5, 5.41) is 10.2. The van der Waals surface area contributed by atoms with Crippen LogP contribution >= 0.6 is 11.6 Å². The van der Waals surface area contributed by atoms with Gasteiger partial charge in [0.05, 0.1) is 47.6 Å². The van der Waals surface area contributed by atoms with Crippen molar-refractivity contribution < 1.29 is 23.8 Å². The van der Waals surface area contributed by atoms with Crippen LogP contribution in [0.2, 0.25) is 5.02 Å². The number of aromatic nitrogens is 3. The Bertz CT molecular complexity index is 2040. The smallest absolute Gasteiger partial charge is 0.407 e. The number of halogens is 2. The number of ether oxygens (including phenoxy) is 2. The number of aryl methyl sites for hydroxylation is 2. The summed E-state index contributed by atoms with van der Waals surface area (Å²) in [4.78, 5) is 33.0. The summed E-state index contributed by atoms with van der Waals surface area (Å²) in [6.07, 6.45) is 0.526. The number of amides is 1. The number of carbonyl (C=O) groups is 1. The number of imidazole rings is 1. The molecule has 2 aromatic heterocycles. The zero-order chi connectivity index (χ0) is 30.9. The van der Waals surface area contributed by atoms with Crippen LogP contribution in [-0.2, 0) is 13.6 Å². The third kappa shape index (κ3) is 4.25. The van der Waals surface area contributed by atoms with Gasteiger partial charge in [-0.15, -0.1) is 0 Å². The Balaban J connectivity index is 1.38. The molecule has 1 saturated heterocycles. The van der Waals surface area contributed by atoms with E-state index in [0.29, 0.717) is 59.7 Å². The van der Waals surface area contributed by atoms with Gasteiger partial charge in [0.15, 0.2) is 11.6 Å². The second-order valence-electron chi connectivity index (χ2n) is 11.2. The predicted molar refractivity (Wildman–Crippen MR) is 166 cm³/mol. The van der Waals surface area contributed by atoms with Crippen LogP contribution in [0.4, 0.5) is 14.9 Å². The highest BCUT2D eigenvalue weighted by Crippen LogP contribution is 2.46. The van der Waals surface area contributed by atoms with Gasteiger partial charge in [-0.25, -0.2) is 19.0 Å². The molecule has 7 rings (SSSR count). The number of anilines is 1. The number of rotatable bonds is 4. The monoisotopic (exact) mass is 617 g/mol. The number of hydrogen-bond acceptors (Lipinski definition) is 6. The Labute approximate surface area is 256 Å². The van der Waals surface area contributed by atoms with Gasteiger partial charge < -0.3 is 24.4 Å². The van der Waals surface area contributed by atoms with E-state index in [9.17, 15) is 14.7 Å². The van der Waals surface area contributed by atoms with E-state index in [1.165, 1.54) is 15.7 Å². The Kier molecular flexibility index (Phi) is 6.65.